The number of benzene rings is 1. The molecule has 0 saturated heterocycles. The van der Waals surface area contributed by atoms with Crippen LogP contribution in [0.1, 0.15) is 57.6 Å². The molecule has 2 atom stereocenters. The van der Waals surface area contributed by atoms with E-state index in [9.17, 15) is 0 Å². The standard InChI is InChI=1S/C15H24Cl2N2/c1-3-5-6-11(4-2)9-15(19-18)13-8-7-12(16)10-14(13)17/h7-8,10-11,15,19H,3-6,9,18H2,1-2H3. The van der Waals surface area contributed by atoms with Crippen molar-refractivity contribution in [2.24, 2.45) is 11.8 Å². The molecule has 4 heteroatoms. The van der Waals surface area contributed by atoms with Crippen molar-refractivity contribution in [3.05, 3.63) is 33.8 Å². The predicted octanol–water partition coefficient (Wildman–Crippen LogP) is 5.10. The van der Waals surface area contributed by atoms with Gasteiger partial charge in [-0.05, 0) is 30.0 Å². The van der Waals surface area contributed by atoms with E-state index in [-0.39, 0.29) is 6.04 Å². The van der Waals surface area contributed by atoms with Gasteiger partial charge in [-0.2, -0.15) is 0 Å². The number of nitrogens with one attached hydrogen (secondary N) is 1. The molecular formula is C15H24Cl2N2. The van der Waals surface area contributed by atoms with Crippen LogP contribution in [0, 0.1) is 5.92 Å². The predicted molar refractivity (Wildman–Crippen MR) is 84.4 cm³/mol. The molecule has 1 rings (SSSR count). The first-order valence-corrected chi connectivity index (χ1v) is 7.79. The second-order valence-electron chi connectivity index (χ2n) is 5.04. The molecule has 0 radical (unpaired) electrons. The highest BCUT2D eigenvalue weighted by molar-refractivity contribution is 6.35. The summed E-state index contributed by atoms with van der Waals surface area (Å²) in [7, 11) is 0. The van der Waals surface area contributed by atoms with Gasteiger partial charge in [0.15, 0.2) is 0 Å². The quantitative estimate of drug-likeness (QED) is 0.517. The first kappa shape index (κ1) is 16.8. The summed E-state index contributed by atoms with van der Waals surface area (Å²) in [6.45, 7) is 4.46. The average Bonchev–Trinajstić information content (AvgIpc) is 2.40. The molecule has 0 aliphatic carbocycles. The van der Waals surface area contributed by atoms with E-state index in [0.29, 0.717) is 16.0 Å². The molecule has 0 saturated carbocycles. The third kappa shape index (κ3) is 5.31. The summed E-state index contributed by atoms with van der Waals surface area (Å²) in [6, 6.07) is 5.68. The van der Waals surface area contributed by atoms with Gasteiger partial charge in [-0.15, -0.1) is 0 Å². The number of rotatable bonds is 8. The van der Waals surface area contributed by atoms with Crippen LogP contribution in [0.2, 0.25) is 10.0 Å². The molecule has 1 aromatic carbocycles. The lowest BCUT2D eigenvalue weighted by Gasteiger charge is -2.23. The summed E-state index contributed by atoms with van der Waals surface area (Å²) < 4.78 is 0. The molecule has 3 N–H and O–H groups in total. The molecule has 108 valence electrons. The maximum Gasteiger partial charge on any atom is 0.0477 e. The molecule has 0 fully saturated rings. The zero-order valence-electron chi connectivity index (χ0n) is 11.8. The summed E-state index contributed by atoms with van der Waals surface area (Å²) in [4.78, 5) is 0. The highest BCUT2D eigenvalue weighted by Crippen LogP contribution is 2.31. The van der Waals surface area contributed by atoms with Gasteiger partial charge in [0.25, 0.3) is 0 Å². The fourth-order valence-electron chi connectivity index (χ4n) is 2.38. The number of hydrazine groups is 1. The van der Waals surface area contributed by atoms with Crippen LogP contribution in [0.5, 0.6) is 0 Å². The Morgan fingerprint density at radius 1 is 1.26 bits per heavy atom. The van der Waals surface area contributed by atoms with Crippen LogP contribution in [0.15, 0.2) is 18.2 Å². The fourth-order valence-corrected chi connectivity index (χ4v) is 2.92. The van der Waals surface area contributed by atoms with E-state index < -0.39 is 0 Å². The summed E-state index contributed by atoms with van der Waals surface area (Å²) in [5, 5.41) is 1.34. The Kier molecular flexibility index (Phi) is 7.77. The molecule has 2 nitrogen and oxygen atoms in total. The third-order valence-corrected chi connectivity index (χ3v) is 4.21. The van der Waals surface area contributed by atoms with Crippen LogP contribution in [-0.2, 0) is 0 Å². The Hall–Kier alpha value is -0.280. The summed E-state index contributed by atoms with van der Waals surface area (Å²) in [5.74, 6) is 6.38. The van der Waals surface area contributed by atoms with Crippen LogP contribution in [-0.4, -0.2) is 0 Å². The maximum atomic E-state index is 6.25. The maximum absolute atomic E-state index is 6.25. The van der Waals surface area contributed by atoms with Gasteiger partial charge in [0.2, 0.25) is 0 Å². The highest BCUT2D eigenvalue weighted by Gasteiger charge is 2.18. The van der Waals surface area contributed by atoms with Crippen molar-refractivity contribution in [1.29, 1.82) is 0 Å². The van der Waals surface area contributed by atoms with Crippen molar-refractivity contribution in [2.45, 2.75) is 52.0 Å². The van der Waals surface area contributed by atoms with Gasteiger partial charge >= 0.3 is 0 Å². The SMILES string of the molecule is CCCCC(CC)CC(NN)c1ccc(Cl)cc1Cl. The number of halogens is 2. The van der Waals surface area contributed by atoms with E-state index in [1.54, 1.807) is 6.07 Å². The van der Waals surface area contributed by atoms with Crippen LogP contribution in [0.25, 0.3) is 0 Å². The molecule has 0 bridgehead atoms. The minimum absolute atomic E-state index is 0.0894. The van der Waals surface area contributed by atoms with E-state index in [1.165, 1.54) is 25.7 Å². The molecule has 0 heterocycles. The minimum Gasteiger partial charge on any atom is -0.271 e. The van der Waals surface area contributed by atoms with E-state index in [1.807, 2.05) is 12.1 Å². The van der Waals surface area contributed by atoms with E-state index >= 15 is 0 Å². The van der Waals surface area contributed by atoms with E-state index in [0.717, 1.165) is 12.0 Å². The van der Waals surface area contributed by atoms with Gasteiger partial charge in [-0.1, -0.05) is 68.8 Å². The van der Waals surface area contributed by atoms with Crippen molar-refractivity contribution >= 4 is 23.2 Å². The monoisotopic (exact) mass is 302 g/mol. The van der Waals surface area contributed by atoms with Gasteiger partial charge in [-0.3, -0.25) is 11.3 Å². The Balaban J connectivity index is 2.76. The largest absolute Gasteiger partial charge is 0.271 e. The van der Waals surface area contributed by atoms with Gasteiger partial charge in [-0.25, -0.2) is 0 Å². The van der Waals surface area contributed by atoms with Crippen molar-refractivity contribution in [3.8, 4) is 0 Å². The number of nitrogens with two attached hydrogens (primary N) is 1. The molecule has 0 amide bonds. The van der Waals surface area contributed by atoms with Crippen LogP contribution in [0.4, 0.5) is 0 Å². The Bertz CT molecular complexity index is 382. The number of hydrogen-bond donors (Lipinski definition) is 2. The van der Waals surface area contributed by atoms with Crippen molar-refractivity contribution < 1.29 is 0 Å². The average molecular weight is 303 g/mol. The third-order valence-electron chi connectivity index (χ3n) is 3.65. The number of hydrogen-bond acceptors (Lipinski definition) is 2. The summed E-state index contributed by atoms with van der Waals surface area (Å²) in [6.07, 6.45) is 5.93. The zero-order valence-corrected chi connectivity index (χ0v) is 13.3. The normalized spacial score (nSPS) is 14.4. The Morgan fingerprint density at radius 3 is 2.53 bits per heavy atom. The van der Waals surface area contributed by atoms with Gasteiger partial charge in [0.05, 0.1) is 0 Å². The van der Waals surface area contributed by atoms with E-state index in [4.69, 9.17) is 29.0 Å². The molecule has 0 aliphatic rings. The lowest BCUT2D eigenvalue weighted by atomic mass is 9.89. The smallest absolute Gasteiger partial charge is 0.0477 e. The second-order valence-corrected chi connectivity index (χ2v) is 5.88. The minimum atomic E-state index is 0.0894. The van der Waals surface area contributed by atoms with Crippen molar-refractivity contribution in [2.75, 3.05) is 0 Å². The lowest BCUT2D eigenvalue weighted by molar-refractivity contribution is 0.356. The van der Waals surface area contributed by atoms with Gasteiger partial charge in [0.1, 0.15) is 0 Å². The molecule has 1 aromatic rings. The second kappa shape index (κ2) is 8.80. The van der Waals surface area contributed by atoms with Crippen molar-refractivity contribution in [1.82, 2.24) is 5.43 Å². The molecule has 19 heavy (non-hydrogen) atoms. The molecule has 2 unspecified atom stereocenters. The Morgan fingerprint density at radius 2 is 2.00 bits per heavy atom. The first-order chi connectivity index (χ1) is 9.12. The topological polar surface area (TPSA) is 38.0 Å². The van der Waals surface area contributed by atoms with E-state index in [2.05, 4.69) is 19.3 Å². The van der Waals surface area contributed by atoms with Gasteiger partial charge in [0, 0.05) is 16.1 Å². The molecular weight excluding hydrogens is 279 g/mol. The highest BCUT2D eigenvalue weighted by atomic mass is 35.5. The lowest BCUT2D eigenvalue weighted by Crippen LogP contribution is -2.30. The summed E-state index contributed by atoms with van der Waals surface area (Å²) >= 11 is 12.2. The zero-order chi connectivity index (χ0) is 14.3. The van der Waals surface area contributed by atoms with Crippen LogP contribution in [0.3, 0.4) is 0 Å². The molecule has 0 spiro atoms. The van der Waals surface area contributed by atoms with Crippen LogP contribution >= 0.6 is 23.2 Å². The van der Waals surface area contributed by atoms with Gasteiger partial charge < -0.3 is 0 Å². The van der Waals surface area contributed by atoms with Crippen molar-refractivity contribution in [3.63, 3.8) is 0 Å². The number of unbranched alkanes of at least 4 members (excludes halogenated alkanes) is 1. The fraction of sp³-hybridized carbons (Fsp3) is 0.600. The first-order valence-electron chi connectivity index (χ1n) is 7.03. The summed E-state index contributed by atoms with van der Waals surface area (Å²) in [5.41, 5.74) is 3.92. The Labute approximate surface area is 126 Å². The van der Waals surface area contributed by atoms with Crippen LogP contribution < -0.4 is 11.3 Å². The molecule has 0 aromatic heterocycles. The molecule has 0 aliphatic heterocycles.